The van der Waals surface area contributed by atoms with E-state index in [-0.39, 0.29) is 0 Å². The van der Waals surface area contributed by atoms with Gasteiger partial charge in [-0.2, -0.15) is 0 Å². The summed E-state index contributed by atoms with van der Waals surface area (Å²) >= 11 is 1.65. The number of nitrogens with one attached hydrogen (secondary N) is 1. The molecule has 0 saturated heterocycles. The van der Waals surface area contributed by atoms with Gasteiger partial charge in [-0.25, -0.2) is 15.0 Å². The van der Waals surface area contributed by atoms with Crippen molar-refractivity contribution in [3.63, 3.8) is 0 Å². The van der Waals surface area contributed by atoms with Gasteiger partial charge in [-0.3, -0.25) is 0 Å². The second-order valence-electron chi connectivity index (χ2n) is 5.04. The average Bonchev–Trinajstić information content (AvgIpc) is 2.82. The number of pyridine rings is 1. The van der Waals surface area contributed by atoms with Crippen LogP contribution < -0.4 is 5.32 Å². The molecule has 0 fully saturated rings. The highest BCUT2D eigenvalue weighted by atomic mass is 32.1. The van der Waals surface area contributed by atoms with E-state index in [9.17, 15) is 0 Å². The summed E-state index contributed by atoms with van der Waals surface area (Å²) in [7, 11) is 1.71. The number of anilines is 1. The normalized spacial score (nSPS) is 11.4. The quantitative estimate of drug-likeness (QED) is 0.733. The van der Waals surface area contributed by atoms with E-state index in [0.29, 0.717) is 0 Å². The van der Waals surface area contributed by atoms with E-state index in [2.05, 4.69) is 33.3 Å². The van der Waals surface area contributed by atoms with Gasteiger partial charge in [0.15, 0.2) is 0 Å². The molecule has 0 aliphatic carbocycles. The molecule has 0 aromatic carbocycles. The van der Waals surface area contributed by atoms with Crippen LogP contribution in [0.2, 0.25) is 0 Å². The number of thiophene rings is 1. The summed E-state index contributed by atoms with van der Waals surface area (Å²) in [6.07, 6.45) is 2.57. The van der Waals surface area contributed by atoms with E-state index in [4.69, 9.17) is 4.74 Å². The van der Waals surface area contributed by atoms with Crippen molar-refractivity contribution in [1.29, 1.82) is 0 Å². The zero-order valence-corrected chi connectivity index (χ0v) is 13.3. The monoisotopic (exact) mass is 302 g/mol. The fourth-order valence-electron chi connectivity index (χ4n) is 2.46. The van der Waals surface area contributed by atoms with E-state index in [1.807, 2.05) is 6.92 Å². The summed E-state index contributed by atoms with van der Waals surface area (Å²) in [6, 6.07) is 2.10. The van der Waals surface area contributed by atoms with Gasteiger partial charge in [0.2, 0.25) is 0 Å². The Kier molecular flexibility index (Phi) is 3.98. The predicted octanol–water partition coefficient (Wildman–Crippen LogP) is 3.30. The fourth-order valence-corrected chi connectivity index (χ4v) is 3.67. The van der Waals surface area contributed by atoms with Gasteiger partial charge in [-0.15, -0.1) is 11.3 Å². The van der Waals surface area contributed by atoms with Gasteiger partial charge in [-0.1, -0.05) is 0 Å². The number of ether oxygens (including phenoxy) is 1. The molecule has 3 rings (SSSR count). The second-order valence-corrected chi connectivity index (χ2v) is 6.03. The van der Waals surface area contributed by atoms with Gasteiger partial charge in [0, 0.05) is 31.3 Å². The molecule has 0 aliphatic heterocycles. The first kappa shape index (κ1) is 14.2. The van der Waals surface area contributed by atoms with Crippen LogP contribution in [0.15, 0.2) is 12.4 Å². The Hall–Kier alpha value is -1.79. The molecule has 0 unspecified atom stereocenters. The Morgan fingerprint density at radius 3 is 2.95 bits per heavy atom. The largest absolute Gasteiger partial charge is 0.385 e. The summed E-state index contributed by atoms with van der Waals surface area (Å²) in [5.41, 5.74) is 3.24. The lowest BCUT2D eigenvalue weighted by Gasteiger charge is -2.05. The zero-order valence-electron chi connectivity index (χ0n) is 12.4. The second kappa shape index (κ2) is 5.91. The van der Waals surface area contributed by atoms with Crippen molar-refractivity contribution in [3.8, 4) is 0 Å². The third-order valence-corrected chi connectivity index (χ3v) is 4.45. The van der Waals surface area contributed by atoms with Crippen LogP contribution in [0.3, 0.4) is 0 Å². The molecule has 5 nitrogen and oxygen atoms in total. The third-order valence-electron chi connectivity index (χ3n) is 3.37. The number of methoxy groups -OCH3 is 1. The van der Waals surface area contributed by atoms with Crippen molar-refractivity contribution in [3.05, 3.63) is 23.7 Å². The standard InChI is InChI=1S/C15H18N4OS/c1-9-7-10(2)19-15-11(9)12-13(21-15)14(18-8-17-12)16-5-4-6-20-3/h7-8H,4-6H2,1-3H3,(H,16,17,18). The van der Waals surface area contributed by atoms with E-state index in [1.54, 1.807) is 24.8 Å². The molecule has 110 valence electrons. The van der Waals surface area contributed by atoms with Gasteiger partial charge in [0.25, 0.3) is 0 Å². The maximum absolute atomic E-state index is 5.06. The molecule has 0 saturated carbocycles. The highest BCUT2D eigenvalue weighted by molar-refractivity contribution is 7.26. The molecule has 1 N–H and O–H groups in total. The van der Waals surface area contributed by atoms with Gasteiger partial charge in [0.1, 0.15) is 17.0 Å². The summed E-state index contributed by atoms with van der Waals surface area (Å²) < 4.78 is 6.14. The van der Waals surface area contributed by atoms with E-state index < -0.39 is 0 Å². The number of hydrogen-bond donors (Lipinski definition) is 1. The first-order chi connectivity index (χ1) is 10.2. The third kappa shape index (κ3) is 2.69. The molecule has 0 amide bonds. The molecule has 0 aliphatic rings. The molecule has 21 heavy (non-hydrogen) atoms. The maximum atomic E-state index is 5.06. The number of aromatic nitrogens is 3. The minimum atomic E-state index is 0.744. The summed E-state index contributed by atoms with van der Waals surface area (Å²) in [5, 5.41) is 4.51. The predicted molar refractivity (Wildman–Crippen MR) is 87.2 cm³/mol. The van der Waals surface area contributed by atoms with Gasteiger partial charge >= 0.3 is 0 Å². The van der Waals surface area contributed by atoms with Crippen molar-refractivity contribution >= 4 is 37.6 Å². The molecule has 0 radical (unpaired) electrons. The first-order valence-corrected chi connectivity index (χ1v) is 7.76. The van der Waals surface area contributed by atoms with Crippen LogP contribution in [0, 0.1) is 13.8 Å². The Bertz CT molecular complexity index is 784. The van der Waals surface area contributed by atoms with E-state index >= 15 is 0 Å². The van der Waals surface area contributed by atoms with Crippen LogP contribution in [0.4, 0.5) is 5.82 Å². The van der Waals surface area contributed by atoms with Gasteiger partial charge < -0.3 is 10.1 Å². The Balaban J connectivity index is 2.05. The van der Waals surface area contributed by atoms with Gasteiger partial charge in [0.05, 0.1) is 10.2 Å². The summed E-state index contributed by atoms with van der Waals surface area (Å²) in [6.45, 7) is 5.70. The van der Waals surface area contributed by atoms with Crippen LogP contribution in [0.1, 0.15) is 17.7 Å². The Labute approximate surface area is 127 Å². The molecular formula is C15H18N4OS. The first-order valence-electron chi connectivity index (χ1n) is 6.95. The summed E-state index contributed by atoms with van der Waals surface area (Å²) in [5.74, 6) is 0.885. The number of aryl methyl sites for hydroxylation is 2. The van der Waals surface area contributed by atoms with Crippen molar-refractivity contribution in [2.45, 2.75) is 20.3 Å². The lowest BCUT2D eigenvalue weighted by molar-refractivity contribution is 0.198. The minimum Gasteiger partial charge on any atom is -0.385 e. The average molecular weight is 302 g/mol. The Morgan fingerprint density at radius 1 is 1.29 bits per heavy atom. The van der Waals surface area contributed by atoms with Crippen molar-refractivity contribution < 1.29 is 4.74 Å². The molecule has 6 heteroatoms. The Morgan fingerprint density at radius 2 is 2.14 bits per heavy atom. The highest BCUT2D eigenvalue weighted by Crippen LogP contribution is 2.36. The van der Waals surface area contributed by atoms with E-state index in [1.165, 1.54) is 5.56 Å². The van der Waals surface area contributed by atoms with Crippen molar-refractivity contribution in [1.82, 2.24) is 15.0 Å². The molecule has 3 heterocycles. The molecular weight excluding hydrogens is 284 g/mol. The van der Waals surface area contributed by atoms with Crippen molar-refractivity contribution in [2.24, 2.45) is 0 Å². The highest BCUT2D eigenvalue weighted by Gasteiger charge is 2.14. The van der Waals surface area contributed by atoms with Crippen LogP contribution in [-0.4, -0.2) is 35.2 Å². The topological polar surface area (TPSA) is 59.9 Å². The van der Waals surface area contributed by atoms with Crippen LogP contribution in [0.5, 0.6) is 0 Å². The van der Waals surface area contributed by atoms with Crippen LogP contribution in [-0.2, 0) is 4.74 Å². The zero-order chi connectivity index (χ0) is 14.8. The molecule has 0 atom stereocenters. The van der Waals surface area contributed by atoms with Crippen molar-refractivity contribution in [2.75, 3.05) is 25.6 Å². The minimum absolute atomic E-state index is 0.744. The number of hydrogen-bond acceptors (Lipinski definition) is 6. The SMILES string of the molecule is COCCCNc1ncnc2c1sc1nc(C)cc(C)c12. The lowest BCUT2D eigenvalue weighted by atomic mass is 10.1. The van der Waals surface area contributed by atoms with Gasteiger partial charge in [-0.05, 0) is 31.9 Å². The fraction of sp³-hybridized carbons (Fsp3) is 0.400. The smallest absolute Gasteiger partial charge is 0.147 e. The molecule has 3 aromatic heterocycles. The molecule has 0 bridgehead atoms. The number of rotatable bonds is 5. The number of fused-ring (bicyclic) bond motifs is 3. The number of nitrogens with zero attached hydrogens (tertiary/aromatic N) is 3. The molecule has 3 aromatic rings. The van der Waals surface area contributed by atoms with Crippen LogP contribution in [0.25, 0.3) is 20.4 Å². The van der Waals surface area contributed by atoms with Crippen LogP contribution >= 0.6 is 11.3 Å². The van der Waals surface area contributed by atoms with E-state index in [0.717, 1.165) is 51.5 Å². The summed E-state index contributed by atoms with van der Waals surface area (Å²) in [4.78, 5) is 14.5. The maximum Gasteiger partial charge on any atom is 0.147 e. The molecule has 0 spiro atoms. The lowest BCUT2D eigenvalue weighted by Crippen LogP contribution is -2.06.